The maximum atomic E-state index is 12.5. The summed E-state index contributed by atoms with van der Waals surface area (Å²) in [6.07, 6.45) is 3.20. The van der Waals surface area contributed by atoms with Crippen LogP contribution in [0.1, 0.15) is 37.7 Å². The van der Waals surface area contributed by atoms with E-state index in [2.05, 4.69) is 5.32 Å². The number of nitrogens with one attached hydrogen (secondary N) is 1. The van der Waals surface area contributed by atoms with E-state index in [-0.39, 0.29) is 32.1 Å². The van der Waals surface area contributed by atoms with E-state index in [0.717, 1.165) is 23.3 Å². The Morgan fingerprint density at radius 3 is 2.54 bits per heavy atom. The highest BCUT2D eigenvalue weighted by atomic mass is 16.6. The number of hydrogen-bond donors (Lipinski definition) is 1. The van der Waals surface area contributed by atoms with Crippen molar-refractivity contribution in [2.75, 3.05) is 19.8 Å². The Balaban J connectivity index is 1.37. The maximum Gasteiger partial charge on any atom is 0.325 e. The van der Waals surface area contributed by atoms with Gasteiger partial charge in [-0.2, -0.15) is 0 Å². The largest absolute Gasteiger partial charge is 0.490 e. The van der Waals surface area contributed by atoms with Gasteiger partial charge in [0.2, 0.25) is 0 Å². The molecule has 3 amide bonds. The van der Waals surface area contributed by atoms with Crippen LogP contribution in [0.3, 0.4) is 0 Å². The molecule has 0 bridgehead atoms. The lowest BCUT2D eigenvalue weighted by atomic mass is 9.98. The maximum absolute atomic E-state index is 12.5. The Morgan fingerprint density at radius 2 is 1.85 bits per heavy atom. The molecular formula is C19H24N2O5. The highest BCUT2D eigenvalue weighted by molar-refractivity contribution is 6.07. The number of rotatable bonds is 7. The number of aryl methyl sites for hydroxylation is 1. The van der Waals surface area contributed by atoms with Crippen LogP contribution in [0.4, 0.5) is 4.79 Å². The summed E-state index contributed by atoms with van der Waals surface area (Å²) in [5.41, 5.74) is 0.409. The standard InChI is InChI=1S/C19H24N2O5/c1-14-4-6-15(7-5-14)25-12-13-26-16(22)8-11-21-17(23)19(20-18(21)24)9-2-3-10-19/h4-7H,2-3,8-13H2,1H3,(H,20,24). The molecule has 1 saturated heterocycles. The SMILES string of the molecule is Cc1ccc(OCCOC(=O)CCN2C(=O)NC3(CCCC3)C2=O)cc1. The zero-order valence-corrected chi connectivity index (χ0v) is 15.0. The first-order valence-electron chi connectivity index (χ1n) is 8.99. The van der Waals surface area contributed by atoms with Gasteiger partial charge in [-0.1, -0.05) is 30.5 Å². The van der Waals surface area contributed by atoms with Gasteiger partial charge in [-0.05, 0) is 31.9 Å². The van der Waals surface area contributed by atoms with Crippen molar-refractivity contribution in [3.05, 3.63) is 29.8 Å². The van der Waals surface area contributed by atoms with E-state index in [9.17, 15) is 14.4 Å². The van der Waals surface area contributed by atoms with Gasteiger partial charge in [0.1, 0.15) is 24.5 Å². The molecule has 1 N–H and O–H groups in total. The van der Waals surface area contributed by atoms with Crippen molar-refractivity contribution in [3.8, 4) is 5.75 Å². The van der Waals surface area contributed by atoms with Crippen LogP contribution in [0.2, 0.25) is 0 Å². The van der Waals surface area contributed by atoms with Crippen LogP contribution in [0.25, 0.3) is 0 Å². The smallest absolute Gasteiger partial charge is 0.325 e. The van der Waals surface area contributed by atoms with Crippen molar-refractivity contribution in [2.45, 2.75) is 44.6 Å². The number of ether oxygens (including phenoxy) is 2. The van der Waals surface area contributed by atoms with E-state index in [1.165, 1.54) is 0 Å². The number of carbonyl (C=O) groups is 3. The first-order chi connectivity index (χ1) is 12.5. The summed E-state index contributed by atoms with van der Waals surface area (Å²) in [7, 11) is 0. The molecule has 7 heteroatoms. The van der Waals surface area contributed by atoms with Gasteiger partial charge in [0.15, 0.2) is 0 Å². The number of imide groups is 1. The van der Waals surface area contributed by atoms with Gasteiger partial charge in [-0.15, -0.1) is 0 Å². The Bertz CT molecular complexity index is 680. The van der Waals surface area contributed by atoms with E-state index in [1.54, 1.807) is 0 Å². The number of hydrogen-bond acceptors (Lipinski definition) is 5. The van der Waals surface area contributed by atoms with Crippen LogP contribution in [-0.2, 0) is 14.3 Å². The van der Waals surface area contributed by atoms with Gasteiger partial charge >= 0.3 is 12.0 Å². The van der Waals surface area contributed by atoms with Gasteiger partial charge in [-0.3, -0.25) is 14.5 Å². The highest BCUT2D eigenvalue weighted by Gasteiger charge is 2.52. The van der Waals surface area contributed by atoms with Crippen molar-refractivity contribution in [1.29, 1.82) is 0 Å². The third-order valence-electron chi connectivity index (χ3n) is 4.88. The number of amides is 3. The van der Waals surface area contributed by atoms with Crippen molar-refractivity contribution >= 4 is 17.9 Å². The normalized spacial score (nSPS) is 18.3. The van der Waals surface area contributed by atoms with Gasteiger partial charge in [0, 0.05) is 6.54 Å². The zero-order valence-electron chi connectivity index (χ0n) is 15.0. The van der Waals surface area contributed by atoms with Gasteiger partial charge < -0.3 is 14.8 Å². The second-order valence-corrected chi connectivity index (χ2v) is 6.81. The first kappa shape index (κ1) is 18.2. The minimum Gasteiger partial charge on any atom is -0.490 e. The molecule has 26 heavy (non-hydrogen) atoms. The molecule has 2 aliphatic rings. The molecule has 7 nitrogen and oxygen atoms in total. The molecule has 1 heterocycles. The quantitative estimate of drug-likeness (QED) is 0.458. The van der Waals surface area contributed by atoms with Gasteiger partial charge in [0.05, 0.1) is 6.42 Å². The molecular weight excluding hydrogens is 336 g/mol. The summed E-state index contributed by atoms with van der Waals surface area (Å²) in [6, 6.07) is 7.18. The van der Waals surface area contributed by atoms with Crippen molar-refractivity contribution < 1.29 is 23.9 Å². The highest BCUT2D eigenvalue weighted by Crippen LogP contribution is 2.35. The summed E-state index contributed by atoms with van der Waals surface area (Å²) in [5, 5.41) is 2.79. The molecule has 1 spiro atoms. The fourth-order valence-corrected chi connectivity index (χ4v) is 3.42. The summed E-state index contributed by atoms with van der Waals surface area (Å²) in [4.78, 5) is 37.5. The van der Waals surface area contributed by atoms with E-state index in [1.807, 2.05) is 31.2 Å². The van der Waals surface area contributed by atoms with E-state index in [4.69, 9.17) is 9.47 Å². The molecule has 1 aromatic carbocycles. The Morgan fingerprint density at radius 1 is 1.15 bits per heavy atom. The van der Waals surface area contributed by atoms with E-state index < -0.39 is 17.5 Å². The Hall–Kier alpha value is -2.57. The van der Waals surface area contributed by atoms with Crippen LogP contribution in [0.5, 0.6) is 5.75 Å². The van der Waals surface area contributed by atoms with Crippen LogP contribution in [0.15, 0.2) is 24.3 Å². The molecule has 0 aromatic heterocycles. The predicted molar refractivity (Wildman–Crippen MR) is 93.7 cm³/mol. The first-order valence-corrected chi connectivity index (χ1v) is 8.99. The molecule has 1 aliphatic carbocycles. The fraction of sp³-hybridized carbons (Fsp3) is 0.526. The van der Waals surface area contributed by atoms with E-state index >= 15 is 0 Å². The Kier molecular flexibility index (Phi) is 5.44. The fourth-order valence-electron chi connectivity index (χ4n) is 3.42. The van der Waals surface area contributed by atoms with Crippen LogP contribution in [0, 0.1) is 6.92 Å². The summed E-state index contributed by atoms with van der Waals surface area (Å²) in [6.45, 7) is 2.41. The molecule has 1 aromatic rings. The Labute approximate surface area is 152 Å². The second kappa shape index (κ2) is 7.76. The number of nitrogens with zero attached hydrogens (tertiary/aromatic N) is 1. The molecule has 0 atom stereocenters. The lowest BCUT2D eigenvalue weighted by Gasteiger charge is -2.19. The molecule has 1 saturated carbocycles. The third kappa shape index (κ3) is 3.98. The van der Waals surface area contributed by atoms with Crippen molar-refractivity contribution in [1.82, 2.24) is 10.2 Å². The topological polar surface area (TPSA) is 84.9 Å². The van der Waals surface area contributed by atoms with E-state index in [0.29, 0.717) is 18.6 Å². The number of benzene rings is 1. The van der Waals surface area contributed by atoms with Gasteiger partial charge in [0.25, 0.3) is 5.91 Å². The van der Waals surface area contributed by atoms with Crippen LogP contribution in [-0.4, -0.2) is 48.1 Å². The van der Waals surface area contributed by atoms with Gasteiger partial charge in [-0.25, -0.2) is 4.79 Å². The molecule has 3 rings (SSSR count). The molecule has 2 fully saturated rings. The van der Waals surface area contributed by atoms with Crippen molar-refractivity contribution in [3.63, 3.8) is 0 Å². The minimum absolute atomic E-state index is 0.0141. The minimum atomic E-state index is -0.733. The lowest BCUT2D eigenvalue weighted by molar-refractivity contribution is -0.144. The second-order valence-electron chi connectivity index (χ2n) is 6.81. The molecule has 1 aliphatic heterocycles. The summed E-state index contributed by atoms with van der Waals surface area (Å²) < 4.78 is 10.6. The average Bonchev–Trinajstić information content (AvgIpc) is 3.18. The average molecular weight is 360 g/mol. The summed E-state index contributed by atoms with van der Waals surface area (Å²) >= 11 is 0. The lowest BCUT2D eigenvalue weighted by Crippen LogP contribution is -2.44. The van der Waals surface area contributed by atoms with Crippen LogP contribution < -0.4 is 10.1 Å². The van der Waals surface area contributed by atoms with Crippen LogP contribution >= 0.6 is 0 Å². The summed E-state index contributed by atoms with van der Waals surface area (Å²) in [5.74, 6) is 0.0498. The number of esters is 1. The monoisotopic (exact) mass is 360 g/mol. The predicted octanol–water partition coefficient (Wildman–Crippen LogP) is 2.17. The van der Waals surface area contributed by atoms with Crippen molar-refractivity contribution in [2.24, 2.45) is 0 Å². The molecule has 0 radical (unpaired) electrons. The number of carbonyl (C=O) groups excluding carboxylic acids is 3. The number of urea groups is 1. The zero-order chi connectivity index (χ0) is 18.6. The molecule has 140 valence electrons. The third-order valence-corrected chi connectivity index (χ3v) is 4.88. The molecule has 0 unspecified atom stereocenters.